The van der Waals surface area contributed by atoms with Crippen LogP contribution in [0.25, 0.3) is 10.9 Å². The van der Waals surface area contributed by atoms with Crippen LogP contribution in [0, 0.1) is 0 Å². The highest BCUT2D eigenvalue weighted by molar-refractivity contribution is 9.10. The third-order valence-electron chi connectivity index (χ3n) is 4.84. The molecule has 1 aromatic heterocycles. The number of carbonyl (C=O) groups is 1. The van der Waals surface area contributed by atoms with Crippen molar-refractivity contribution in [1.29, 1.82) is 0 Å². The zero-order chi connectivity index (χ0) is 24.8. The number of methoxy groups -OCH3 is 1. The van der Waals surface area contributed by atoms with Crippen molar-refractivity contribution in [3.05, 3.63) is 61.6 Å². The molecule has 3 aromatic rings. The monoisotopic (exact) mass is 549 g/mol. The van der Waals surface area contributed by atoms with E-state index in [1.807, 2.05) is 13.0 Å². The Hall–Kier alpha value is -2.91. The van der Waals surface area contributed by atoms with Crippen LogP contribution in [-0.2, 0) is 16.0 Å². The van der Waals surface area contributed by atoms with E-state index in [0.29, 0.717) is 34.5 Å². The van der Waals surface area contributed by atoms with E-state index in [1.165, 1.54) is 18.0 Å². The van der Waals surface area contributed by atoms with Crippen molar-refractivity contribution >= 4 is 50.6 Å². The molecule has 3 rings (SSSR count). The highest BCUT2D eigenvalue weighted by Crippen LogP contribution is 2.37. The molecule has 0 amide bonds. The van der Waals surface area contributed by atoms with Gasteiger partial charge in [0.2, 0.25) is 0 Å². The average Bonchev–Trinajstić information content (AvgIpc) is 2.81. The first-order valence-corrected chi connectivity index (χ1v) is 11.9. The Morgan fingerprint density at radius 1 is 1.29 bits per heavy atom. The van der Waals surface area contributed by atoms with E-state index >= 15 is 0 Å². The number of hydrogen-bond acceptors (Lipinski definition) is 7. The number of ether oxygens (including phenoxy) is 3. The molecule has 8 nitrogen and oxygen atoms in total. The third kappa shape index (κ3) is 5.77. The van der Waals surface area contributed by atoms with Gasteiger partial charge in [-0.15, -0.1) is 0 Å². The number of rotatable bonds is 9. The summed E-state index contributed by atoms with van der Waals surface area (Å²) in [5.74, 6) is 0.569. The molecule has 0 aliphatic heterocycles. The number of carbonyl (C=O) groups excluding carboxylic acids is 1. The molecule has 0 spiro atoms. The van der Waals surface area contributed by atoms with Gasteiger partial charge in [-0.05, 0) is 56.2 Å². The zero-order valence-electron chi connectivity index (χ0n) is 19.3. The molecule has 10 heteroatoms. The SMILES string of the molecule is CCCc1nc2ccc(Br)cc2c(=O)n1N=Cc1cc(Cl)c(O[C@@H](C)C(=O)OCC)c(OC)c1. The molecular formula is C24H25BrClN3O5. The predicted molar refractivity (Wildman–Crippen MR) is 135 cm³/mol. The first-order valence-electron chi connectivity index (χ1n) is 10.7. The van der Waals surface area contributed by atoms with Crippen molar-refractivity contribution in [3.63, 3.8) is 0 Å². The van der Waals surface area contributed by atoms with E-state index in [0.717, 1.165) is 10.9 Å². The fraction of sp³-hybridized carbons (Fsp3) is 0.333. The average molecular weight is 551 g/mol. The lowest BCUT2D eigenvalue weighted by atomic mass is 10.2. The second-order valence-electron chi connectivity index (χ2n) is 7.35. The van der Waals surface area contributed by atoms with Gasteiger partial charge in [0, 0.05) is 10.9 Å². The topological polar surface area (TPSA) is 92.0 Å². The van der Waals surface area contributed by atoms with E-state index in [9.17, 15) is 9.59 Å². The lowest BCUT2D eigenvalue weighted by Crippen LogP contribution is -2.26. The van der Waals surface area contributed by atoms with Crippen LogP contribution >= 0.6 is 27.5 Å². The Morgan fingerprint density at radius 2 is 2.06 bits per heavy atom. The Labute approximate surface area is 210 Å². The molecule has 1 heterocycles. The Balaban J connectivity index is 2.00. The number of halogens is 2. The van der Waals surface area contributed by atoms with Gasteiger partial charge in [-0.3, -0.25) is 4.79 Å². The van der Waals surface area contributed by atoms with Crippen molar-refractivity contribution in [2.45, 2.75) is 39.7 Å². The number of benzene rings is 2. The van der Waals surface area contributed by atoms with Gasteiger partial charge in [0.1, 0.15) is 5.82 Å². The Morgan fingerprint density at radius 3 is 2.74 bits per heavy atom. The highest BCUT2D eigenvalue weighted by Gasteiger charge is 2.21. The summed E-state index contributed by atoms with van der Waals surface area (Å²) in [5, 5.41) is 5.08. The zero-order valence-corrected chi connectivity index (χ0v) is 21.6. The van der Waals surface area contributed by atoms with Crippen LogP contribution in [0.5, 0.6) is 11.5 Å². The maximum absolute atomic E-state index is 13.2. The fourth-order valence-corrected chi connectivity index (χ4v) is 3.86. The van der Waals surface area contributed by atoms with E-state index in [2.05, 4.69) is 26.0 Å². The second-order valence-corrected chi connectivity index (χ2v) is 8.67. The van der Waals surface area contributed by atoms with E-state index < -0.39 is 12.1 Å². The van der Waals surface area contributed by atoms with Crippen molar-refractivity contribution < 1.29 is 19.0 Å². The number of esters is 1. The van der Waals surface area contributed by atoms with Gasteiger partial charge in [0.25, 0.3) is 5.56 Å². The predicted octanol–water partition coefficient (Wildman–Crippen LogP) is 4.99. The normalized spacial score (nSPS) is 12.2. The molecule has 0 bridgehead atoms. The van der Waals surface area contributed by atoms with Gasteiger partial charge in [0.15, 0.2) is 17.6 Å². The summed E-state index contributed by atoms with van der Waals surface area (Å²) in [6, 6.07) is 8.63. The van der Waals surface area contributed by atoms with E-state index in [1.54, 1.807) is 38.1 Å². The van der Waals surface area contributed by atoms with Crippen LogP contribution in [0.1, 0.15) is 38.6 Å². The summed E-state index contributed by atoms with van der Waals surface area (Å²) >= 11 is 9.82. The van der Waals surface area contributed by atoms with Crippen LogP contribution in [0.3, 0.4) is 0 Å². The van der Waals surface area contributed by atoms with Crippen LogP contribution in [0.2, 0.25) is 5.02 Å². The third-order valence-corrected chi connectivity index (χ3v) is 5.61. The Bertz CT molecular complexity index is 1290. The van der Waals surface area contributed by atoms with Crippen molar-refractivity contribution in [3.8, 4) is 11.5 Å². The van der Waals surface area contributed by atoms with Crippen molar-refractivity contribution in [1.82, 2.24) is 9.66 Å². The summed E-state index contributed by atoms with van der Waals surface area (Å²) in [6.07, 6.45) is 2.01. The standard InChI is InChI=1S/C24H25BrClN3O5/c1-5-7-21-28-19-9-8-16(25)12-17(19)23(30)29(21)27-13-15-10-18(26)22(20(11-15)32-4)34-14(3)24(31)33-6-2/h8-14H,5-7H2,1-4H3/t14-/m0/s1. The fourth-order valence-electron chi connectivity index (χ4n) is 3.24. The van der Waals surface area contributed by atoms with Crippen molar-refractivity contribution in [2.75, 3.05) is 13.7 Å². The molecule has 0 aliphatic rings. The van der Waals surface area contributed by atoms with Gasteiger partial charge >= 0.3 is 5.97 Å². The van der Waals surface area contributed by atoms with Gasteiger partial charge < -0.3 is 14.2 Å². The summed E-state index contributed by atoms with van der Waals surface area (Å²) in [6.45, 7) is 5.53. The number of hydrogen-bond donors (Lipinski definition) is 0. The minimum atomic E-state index is -0.871. The number of aryl methyl sites for hydroxylation is 1. The molecule has 0 fully saturated rings. The molecule has 0 saturated heterocycles. The second kappa shape index (κ2) is 11.5. The van der Waals surface area contributed by atoms with E-state index in [4.69, 9.17) is 25.8 Å². The van der Waals surface area contributed by atoms with Crippen LogP contribution in [0.15, 0.2) is 44.7 Å². The van der Waals surface area contributed by atoms with Crippen LogP contribution in [-0.4, -0.2) is 41.7 Å². The molecule has 0 saturated carbocycles. The molecule has 180 valence electrons. The molecule has 0 aliphatic carbocycles. The molecule has 0 radical (unpaired) electrons. The minimum absolute atomic E-state index is 0.211. The molecule has 0 N–H and O–H groups in total. The maximum Gasteiger partial charge on any atom is 0.347 e. The van der Waals surface area contributed by atoms with Gasteiger partial charge in [-0.25, -0.2) is 9.78 Å². The van der Waals surface area contributed by atoms with Crippen molar-refractivity contribution in [2.24, 2.45) is 5.10 Å². The first kappa shape index (κ1) is 25.7. The number of fused-ring (bicyclic) bond motifs is 1. The summed E-state index contributed by atoms with van der Waals surface area (Å²) < 4.78 is 18.1. The molecule has 2 aromatic carbocycles. The number of nitrogens with zero attached hydrogens (tertiary/aromatic N) is 3. The van der Waals surface area contributed by atoms with Gasteiger partial charge in [-0.1, -0.05) is 34.5 Å². The molecular weight excluding hydrogens is 526 g/mol. The maximum atomic E-state index is 13.2. The van der Waals surface area contributed by atoms with Gasteiger partial charge in [0.05, 0.1) is 35.9 Å². The van der Waals surface area contributed by atoms with Crippen LogP contribution < -0.4 is 15.0 Å². The molecule has 1 atom stereocenters. The molecule has 0 unspecified atom stereocenters. The van der Waals surface area contributed by atoms with Crippen LogP contribution in [0.4, 0.5) is 0 Å². The Kier molecular flexibility index (Phi) is 8.68. The lowest BCUT2D eigenvalue weighted by molar-refractivity contribution is -0.150. The number of aromatic nitrogens is 2. The summed E-state index contributed by atoms with van der Waals surface area (Å²) in [4.78, 5) is 29.7. The largest absolute Gasteiger partial charge is 0.493 e. The first-order chi connectivity index (χ1) is 16.3. The van der Waals surface area contributed by atoms with Gasteiger partial charge in [-0.2, -0.15) is 9.78 Å². The highest BCUT2D eigenvalue weighted by atomic mass is 79.9. The van der Waals surface area contributed by atoms with E-state index in [-0.39, 0.29) is 22.9 Å². The lowest BCUT2D eigenvalue weighted by Gasteiger charge is -2.17. The quantitative estimate of drug-likeness (QED) is 0.275. The summed E-state index contributed by atoms with van der Waals surface area (Å²) in [7, 11) is 1.46. The summed E-state index contributed by atoms with van der Waals surface area (Å²) in [5.41, 5.74) is 0.916. The molecule has 34 heavy (non-hydrogen) atoms. The smallest absolute Gasteiger partial charge is 0.347 e. The minimum Gasteiger partial charge on any atom is -0.493 e.